The van der Waals surface area contributed by atoms with Crippen LogP contribution in [0.4, 0.5) is 17.6 Å². The van der Waals surface area contributed by atoms with Crippen molar-refractivity contribution >= 4 is 12.3 Å². The van der Waals surface area contributed by atoms with Gasteiger partial charge in [0.05, 0.1) is 12.3 Å². The summed E-state index contributed by atoms with van der Waals surface area (Å²) in [5.74, 6) is -4.66. The molecule has 0 aliphatic carbocycles. The summed E-state index contributed by atoms with van der Waals surface area (Å²) in [5, 5.41) is 0. The van der Waals surface area contributed by atoms with Crippen molar-refractivity contribution in [3.8, 4) is 5.75 Å². The average Bonchev–Trinajstić information content (AvgIpc) is 2.30. The Balaban J connectivity index is 2.68. The summed E-state index contributed by atoms with van der Waals surface area (Å²) >= 11 is 0. The van der Waals surface area contributed by atoms with Crippen LogP contribution in [0, 0.1) is 11.7 Å². The second kappa shape index (κ2) is 6.31. The van der Waals surface area contributed by atoms with E-state index >= 15 is 0 Å². The molecule has 0 aliphatic rings. The van der Waals surface area contributed by atoms with Crippen molar-refractivity contribution in [1.29, 1.82) is 0 Å². The van der Waals surface area contributed by atoms with E-state index in [2.05, 4.69) is 4.74 Å². The van der Waals surface area contributed by atoms with E-state index in [1.165, 1.54) is 12.1 Å². The van der Waals surface area contributed by atoms with Gasteiger partial charge in [0.25, 0.3) is 0 Å². The van der Waals surface area contributed by atoms with Crippen molar-refractivity contribution in [2.24, 2.45) is 5.92 Å². The van der Waals surface area contributed by atoms with Crippen LogP contribution in [0.5, 0.6) is 5.75 Å². The molecule has 1 rings (SSSR count). The highest BCUT2D eigenvalue weighted by atomic mass is 19.4. The maximum Gasteiger partial charge on any atom is 0.392 e. The maximum absolute atomic E-state index is 13.1. The van der Waals surface area contributed by atoms with Crippen LogP contribution in [0.2, 0.25) is 0 Å². The van der Waals surface area contributed by atoms with Crippen LogP contribution in [0.1, 0.15) is 12.8 Å². The monoisotopic (exact) mass is 278 g/mol. The zero-order valence-corrected chi connectivity index (χ0v) is 9.61. The third kappa shape index (κ3) is 4.69. The minimum Gasteiger partial charge on any atom is -0.423 e. The summed E-state index contributed by atoms with van der Waals surface area (Å²) in [6.45, 7) is 0. The first-order valence-corrected chi connectivity index (χ1v) is 5.30. The Morgan fingerprint density at radius 3 is 2.47 bits per heavy atom. The van der Waals surface area contributed by atoms with Crippen LogP contribution in [-0.2, 0) is 9.59 Å². The highest BCUT2D eigenvalue weighted by molar-refractivity contribution is 5.73. The Kier molecular flexibility index (Phi) is 5.02. The zero-order valence-electron chi connectivity index (χ0n) is 9.61. The first-order chi connectivity index (χ1) is 8.84. The van der Waals surface area contributed by atoms with Crippen molar-refractivity contribution in [2.75, 3.05) is 0 Å². The number of hydrogen-bond donors (Lipinski definition) is 0. The molecule has 104 valence electrons. The number of carbonyl (C=O) groups excluding carboxylic acids is 2. The Morgan fingerprint density at radius 1 is 1.32 bits per heavy atom. The van der Waals surface area contributed by atoms with Gasteiger partial charge in [-0.05, 0) is 12.1 Å². The zero-order chi connectivity index (χ0) is 14.5. The molecule has 19 heavy (non-hydrogen) atoms. The lowest BCUT2D eigenvalue weighted by Crippen LogP contribution is -2.27. The first-order valence-electron chi connectivity index (χ1n) is 5.30. The van der Waals surface area contributed by atoms with Gasteiger partial charge in [0, 0.05) is 6.42 Å². The molecule has 7 heteroatoms. The number of aldehydes is 1. The number of halogens is 4. The predicted octanol–water partition coefficient (Wildman–Crippen LogP) is 2.89. The summed E-state index contributed by atoms with van der Waals surface area (Å²) < 4.78 is 54.9. The molecule has 1 aromatic carbocycles. The number of ether oxygens (including phenoxy) is 1. The van der Waals surface area contributed by atoms with Crippen LogP contribution < -0.4 is 4.74 Å². The molecule has 0 fully saturated rings. The molecule has 0 saturated carbocycles. The van der Waals surface area contributed by atoms with Crippen molar-refractivity contribution in [2.45, 2.75) is 19.0 Å². The molecule has 0 spiro atoms. The number of para-hydroxylation sites is 1. The van der Waals surface area contributed by atoms with Crippen molar-refractivity contribution in [3.63, 3.8) is 0 Å². The van der Waals surface area contributed by atoms with Gasteiger partial charge in [-0.2, -0.15) is 13.2 Å². The van der Waals surface area contributed by atoms with Gasteiger partial charge in [-0.15, -0.1) is 0 Å². The van der Waals surface area contributed by atoms with E-state index < -0.39 is 42.5 Å². The summed E-state index contributed by atoms with van der Waals surface area (Å²) in [4.78, 5) is 21.4. The number of alkyl halides is 3. The molecule has 0 saturated heterocycles. The first kappa shape index (κ1) is 15.1. The van der Waals surface area contributed by atoms with Gasteiger partial charge in [-0.3, -0.25) is 4.79 Å². The quantitative estimate of drug-likeness (QED) is 0.360. The van der Waals surface area contributed by atoms with Crippen LogP contribution in [0.15, 0.2) is 24.3 Å². The van der Waals surface area contributed by atoms with Crippen LogP contribution in [0.25, 0.3) is 0 Å². The maximum atomic E-state index is 13.1. The summed E-state index contributed by atoms with van der Waals surface area (Å²) in [7, 11) is 0. The van der Waals surface area contributed by atoms with Gasteiger partial charge < -0.3 is 9.53 Å². The number of rotatable bonds is 5. The third-order valence-electron chi connectivity index (χ3n) is 2.32. The highest BCUT2D eigenvalue weighted by Gasteiger charge is 2.40. The van der Waals surface area contributed by atoms with Crippen LogP contribution in [0.3, 0.4) is 0 Å². The van der Waals surface area contributed by atoms with Crippen molar-refractivity contribution in [1.82, 2.24) is 0 Å². The van der Waals surface area contributed by atoms with E-state index in [-0.39, 0.29) is 6.29 Å². The van der Waals surface area contributed by atoms with E-state index in [1.54, 1.807) is 0 Å². The van der Waals surface area contributed by atoms with Crippen molar-refractivity contribution in [3.05, 3.63) is 30.1 Å². The smallest absolute Gasteiger partial charge is 0.392 e. The lowest BCUT2D eigenvalue weighted by Gasteiger charge is -2.16. The molecule has 0 heterocycles. The standard InChI is InChI=1S/C12H10F4O3/c13-9-3-1-2-4-10(9)19-11(18)7-8(5-6-17)12(14,15)16/h1-4,6,8H,5,7H2/t8-/m0/s1. The lowest BCUT2D eigenvalue weighted by atomic mass is 10.0. The molecule has 3 nitrogen and oxygen atoms in total. The number of carbonyl (C=O) groups is 2. The molecule has 0 amide bonds. The van der Waals surface area contributed by atoms with Crippen molar-refractivity contribution < 1.29 is 31.9 Å². The Labute approximate surface area is 106 Å². The fourth-order valence-corrected chi connectivity index (χ4v) is 1.34. The molecule has 1 aromatic rings. The van der Waals surface area contributed by atoms with E-state index in [1.807, 2.05) is 0 Å². The Morgan fingerprint density at radius 2 is 1.95 bits per heavy atom. The van der Waals surface area contributed by atoms with Crippen LogP contribution in [-0.4, -0.2) is 18.4 Å². The Bertz CT molecular complexity index is 457. The minimum atomic E-state index is -4.69. The second-order valence-electron chi connectivity index (χ2n) is 3.75. The highest BCUT2D eigenvalue weighted by Crippen LogP contribution is 2.31. The third-order valence-corrected chi connectivity index (χ3v) is 2.32. The molecule has 0 unspecified atom stereocenters. The molecule has 0 N–H and O–H groups in total. The summed E-state index contributed by atoms with van der Waals surface area (Å²) in [6.07, 6.45) is -6.48. The largest absolute Gasteiger partial charge is 0.423 e. The van der Waals surface area contributed by atoms with Gasteiger partial charge in [0.2, 0.25) is 0 Å². The number of hydrogen-bond acceptors (Lipinski definition) is 3. The van der Waals surface area contributed by atoms with E-state index in [0.29, 0.717) is 0 Å². The summed E-state index contributed by atoms with van der Waals surface area (Å²) in [5.41, 5.74) is 0. The fraction of sp³-hybridized carbons (Fsp3) is 0.333. The van der Waals surface area contributed by atoms with Gasteiger partial charge in [-0.1, -0.05) is 12.1 Å². The van der Waals surface area contributed by atoms with Crippen LogP contribution >= 0.6 is 0 Å². The number of esters is 1. The lowest BCUT2D eigenvalue weighted by molar-refractivity contribution is -0.183. The molecular formula is C12H10F4O3. The van der Waals surface area contributed by atoms with Gasteiger partial charge in [-0.25, -0.2) is 4.39 Å². The second-order valence-corrected chi connectivity index (χ2v) is 3.75. The number of benzene rings is 1. The van der Waals surface area contributed by atoms with E-state index in [0.717, 1.165) is 12.1 Å². The minimum absolute atomic E-state index is 0.0779. The van der Waals surface area contributed by atoms with Gasteiger partial charge >= 0.3 is 12.1 Å². The summed E-state index contributed by atoms with van der Waals surface area (Å²) in [6, 6.07) is 4.85. The topological polar surface area (TPSA) is 43.4 Å². The molecular weight excluding hydrogens is 268 g/mol. The Hall–Kier alpha value is -1.92. The molecule has 1 atom stereocenters. The molecule has 0 aliphatic heterocycles. The average molecular weight is 278 g/mol. The van der Waals surface area contributed by atoms with Gasteiger partial charge in [0.15, 0.2) is 11.6 Å². The fourth-order valence-electron chi connectivity index (χ4n) is 1.34. The molecule has 0 radical (unpaired) electrons. The predicted molar refractivity (Wildman–Crippen MR) is 56.9 cm³/mol. The van der Waals surface area contributed by atoms with E-state index in [4.69, 9.17) is 0 Å². The normalized spacial score (nSPS) is 12.8. The SMILES string of the molecule is O=CC[C@@H](CC(=O)Oc1ccccc1F)C(F)(F)F. The van der Waals surface area contributed by atoms with E-state index in [9.17, 15) is 27.2 Å². The van der Waals surface area contributed by atoms with Gasteiger partial charge in [0.1, 0.15) is 6.29 Å². The molecule has 0 bridgehead atoms. The molecule has 0 aromatic heterocycles.